The number of sulfonamides is 1. The van der Waals surface area contributed by atoms with Crippen LogP contribution in [-0.2, 0) is 19.6 Å². The first kappa shape index (κ1) is 24.1. The predicted octanol–water partition coefficient (Wildman–Crippen LogP) is 4.17. The molecule has 3 rings (SSSR count). The fourth-order valence-electron chi connectivity index (χ4n) is 3.64. The van der Waals surface area contributed by atoms with Gasteiger partial charge in [-0.2, -0.15) is 0 Å². The summed E-state index contributed by atoms with van der Waals surface area (Å²) in [6.45, 7) is 5.65. The Labute approximate surface area is 192 Å². The van der Waals surface area contributed by atoms with E-state index in [4.69, 9.17) is 9.47 Å². The van der Waals surface area contributed by atoms with Crippen molar-refractivity contribution in [2.75, 3.05) is 6.61 Å². The van der Waals surface area contributed by atoms with Crippen molar-refractivity contribution in [2.45, 2.75) is 75.3 Å². The van der Waals surface area contributed by atoms with Crippen molar-refractivity contribution in [1.29, 1.82) is 0 Å². The maximum atomic E-state index is 13.1. The van der Waals surface area contributed by atoms with Crippen LogP contribution in [0.3, 0.4) is 0 Å². The van der Waals surface area contributed by atoms with Crippen LogP contribution >= 0.6 is 0 Å². The van der Waals surface area contributed by atoms with Gasteiger partial charge in [0.1, 0.15) is 16.9 Å². The Morgan fingerprint density at radius 3 is 2.75 bits per heavy atom. The van der Waals surface area contributed by atoms with Gasteiger partial charge in [-0.15, -0.1) is 0 Å². The SMILES string of the molecule is CC(C)(C)OC(=O)N[C@]12C[C@H]1/C=C/CCCCCCOc1cccc(c1)S(=O)(=O)NC2=O.[HH].[HH]. The Hall–Kier alpha value is -2.55. The minimum Gasteiger partial charge on any atom is -0.494 e. The topological polar surface area (TPSA) is 111 Å². The van der Waals surface area contributed by atoms with Crippen molar-refractivity contribution in [3.63, 3.8) is 0 Å². The summed E-state index contributed by atoms with van der Waals surface area (Å²) < 4.78 is 38.9. The molecule has 1 saturated carbocycles. The van der Waals surface area contributed by atoms with Gasteiger partial charge in [-0.05, 0) is 58.6 Å². The smallest absolute Gasteiger partial charge is 0.408 e. The number of allylic oxidation sites excluding steroid dienone is 1. The third kappa shape index (κ3) is 6.25. The average molecular weight is 469 g/mol. The summed E-state index contributed by atoms with van der Waals surface area (Å²) in [5.41, 5.74) is -2.12. The van der Waals surface area contributed by atoms with Crippen LogP contribution in [0.25, 0.3) is 0 Å². The van der Waals surface area contributed by atoms with Gasteiger partial charge in [0.25, 0.3) is 15.9 Å². The molecular formula is C23H36N2O6S. The Bertz CT molecular complexity index is 993. The first-order chi connectivity index (χ1) is 15.0. The van der Waals surface area contributed by atoms with Gasteiger partial charge in [0.2, 0.25) is 0 Å². The van der Waals surface area contributed by atoms with Crippen molar-refractivity contribution >= 4 is 22.0 Å². The van der Waals surface area contributed by atoms with Gasteiger partial charge in [-0.3, -0.25) is 4.79 Å². The Balaban J connectivity index is 0.00000289. The van der Waals surface area contributed by atoms with E-state index < -0.39 is 33.2 Å². The Morgan fingerprint density at radius 1 is 1.25 bits per heavy atom. The van der Waals surface area contributed by atoms with Crippen LogP contribution in [-0.4, -0.2) is 38.2 Å². The molecule has 9 heteroatoms. The molecule has 32 heavy (non-hydrogen) atoms. The first-order valence-corrected chi connectivity index (χ1v) is 12.5. The molecule has 1 aliphatic heterocycles. The summed E-state index contributed by atoms with van der Waals surface area (Å²) in [6.07, 6.45) is 8.20. The van der Waals surface area contributed by atoms with Gasteiger partial charge in [-0.25, -0.2) is 17.9 Å². The van der Waals surface area contributed by atoms with Crippen LogP contribution in [0.2, 0.25) is 0 Å². The molecule has 2 amide bonds. The number of carbonyl (C=O) groups is 2. The van der Waals surface area contributed by atoms with Crippen molar-refractivity contribution in [3.8, 4) is 5.75 Å². The molecule has 1 heterocycles. The first-order valence-electron chi connectivity index (χ1n) is 11.0. The van der Waals surface area contributed by atoms with Gasteiger partial charge < -0.3 is 14.8 Å². The lowest BCUT2D eigenvalue weighted by molar-refractivity contribution is -0.122. The van der Waals surface area contributed by atoms with Crippen LogP contribution in [0, 0.1) is 5.92 Å². The number of benzene rings is 1. The Morgan fingerprint density at radius 2 is 2.00 bits per heavy atom. The minimum atomic E-state index is -4.15. The lowest BCUT2D eigenvalue weighted by atomic mass is 10.1. The second-order valence-corrected chi connectivity index (χ2v) is 11.0. The number of hydrogen-bond acceptors (Lipinski definition) is 6. The highest BCUT2D eigenvalue weighted by Gasteiger charge is 2.61. The number of hydrogen-bond donors (Lipinski definition) is 2. The number of rotatable bonds is 1. The molecule has 2 bridgehead atoms. The molecule has 0 saturated heterocycles. The van der Waals surface area contributed by atoms with Gasteiger partial charge >= 0.3 is 6.09 Å². The van der Waals surface area contributed by atoms with Gasteiger partial charge in [0.15, 0.2) is 0 Å². The van der Waals surface area contributed by atoms with E-state index >= 15 is 0 Å². The highest BCUT2D eigenvalue weighted by atomic mass is 32.2. The molecule has 1 aromatic carbocycles. The largest absolute Gasteiger partial charge is 0.494 e. The number of ether oxygens (including phenoxy) is 2. The van der Waals surface area contributed by atoms with Crippen LogP contribution in [0.1, 0.15) is 62.1 Å². The molecule has 1 aliphatic carbocycles. The van der Waals surface area contributed by atoms with E-state index in [1.807, 2.05) is 12.2 Å². The molecule has 0 spiro atoms. The summed E-state index contributed by atoms with van der Waals surface area (Å²) in [6, 6.07) is 6.04. The quantitative estimate of drug-likeness (QED) is 0.599. The van der Waals surface area contributed by atoms with E-state index in [0.29, 0.717) is 18.8 Å². The zero-order valence-corrected chi connectivity index (χ0v) is 19.7. The van der Waals surface area contributed by atoms with E-state index in [2.05, 4.69) is 10.0 Å². The normalized spacial score (nSPS) is 27.0. The van der Waals surface area contributed by atoms with Crippen molar-refractivity contribution < 1.29 is 30.3 Å². The molecule has 0 unspecified atom stereocenters. The van der Waals surface area contributed by atoms with E-state index in [9.17, 15) is 18.0 Å². The molecule has 0 aromatic heterocycles. The molecule has 1 fully saturated rings. The van der Waals surface area contributed by atoms with E-state index in [-0.39, 0.29) is 13.7 Å². The molecular weight excluding hydrogens is 432 g/mol. The number of alkyl carbamates (subject to hydrolysis) is 1. The summed E-state index contributed by atoms with van der Waals surface area (Å²) >= 11 is 0. The lowest BCUT2D eigenvalue weighted by Gasteiger charge is -2.23. The van der Waals surface area contributed by atoms with Crippen LogP contribution in [0.5, 0.6) is 5.75 Å². The second-order valence-electron chi connectivity index (χ2n) is 9.30. The summed E-state index contributed by atoms with van der Waals surface area (Å²) in [7, 11) is -4.15. The van der Waals surface area contributed by atoms with E-state index in [1.165, 1.54) is 12.1 Å². The van der Waals surface area contributed by atoms with Crippen molar-refractivity contribution in [2.24, 2.45) is 5.92 Å². The number of carbonyl (C=O) groups excluding carboxylic acids is 2. The molecule has 2 aliphatic rings. The average Bonchev–Trinajstić information content (AvgIpc) is 3.38. The Kier molecular flexibility index (Phi) is 7.17. The molecule has 2 atom stereocenters. The van der Waals surface area contributed by atoms with Crippen LogP contribution < -0.4 is 14.8 Å². The maximum absolute atomic E-state index is 13.1. The van der Waals surface area contributed by atoms with Crippen LogP contribution in [0.4, 0.5) is 4.79 Å². The van der Waals surface area contributed by atoms with E-state index in [1.54, 1.807) is 32.9 Å². The fourth-order valence-corrected chi connectivity index (χ4v) is 4.71. The highest BCUT2D eigenvalue weighted by Crippen LogP contribution is 2.45. The minimum absolute atomic E-state index is 0. The molecule has 2 N–H and O–H groups in total. The van der Waals surface area contributed by atoms with Gasteiger partial charge in [0.05, 0.1) is 11.5 Å². The number of nitrogens with one attached hydrogen (secondary N) is 2. The number of fused-ring (bicyclic) bond motifs is 3. The molecule has 0 radical (unpaired) electrons. The van der Waals surface area contributed by atoms with Gasteiger partial charge in [0, 0.05) is 14.8 Å². The van der Waals surface area contributed by atoms with E-state index in [0.717, 1.165) is 32.1 Å². The monoisotopic (exact) mass is 468 g/mol. The maximum Gasteiger partial charge on any atom is 0.408 e. The third-order valence-electron chi connectivity index (χ3n) is 5.39. The highest BCUT2D eigenvalue weighted by molar-refractivity contribution is 7.90. The zero-order chi connectivity index (χ0) is 23.4. The van der Waals surface area contributed by atoms with Gasteiger partial charge in [-0.1, -0.05) is 31.1 Å². The zero-order valence-electron chi connectivity index (χ0n) is 18.8. The number of amides is 2. The molecule has 8 nitrogen and oxygen atoms in total. The van der Waals surface area contributed by atoms with Crippen LogP contribution in [0.15, 0.2) is 41.3 Å². The van der Waals surface area contributed by atoms with Crippen molar-refractivity contribution in [3.05, 3.63) is 36.4 Å². The second kappa shape index (κ2) is 9.52. The standard InChI is InChI=1S/C23H32N2O6S.2H2/c1-22(2,3)31-21(27)24-23-16-17(23)11-8-6-4-5-7-9-14-30-18-12-10-13-19(15-18)32(28,29)25-20(23)26;;/h8,10-13,15,17H,4-7,9,14,16H2,1-3H3,(H,24,27)(H,25,26);2*1H/b11-8+;;/t17-,23-;;/m1../s1. The lowest BCUT2D eigenvalue weighted by Crippen LogP contribution is -2.52. The summed E-state index contributed by atoms with van der Waals surface area (Å²) in [4.78, 5) is 25.4. The fraction of sp³-hybridized carbons (Fsp3) is 0.565. The summed E-state index contributed by atoms with van der Waals surface area (Å²) in [5, 5.41) is 2.62. The predicted molar refractivity (Wildman–Crippen MR) is 124 cm³/mol. The molecule has 1 aromatic rings. The van der Waals surface area contributed by atoms with Crippen molar-refractivity contribution in [1.82, 2.24) is 10.0 Å². The molecule has 180 valence electrons. The third-order valence-corrected chi connectivity index (χ3v) is 6.72. The summed E-state index contributed by atoms with van der Waals surface area (Å²) in [5.74, 6) is -0.665.